The zero-order valence-electron chi connectivity index (χ0n) is 17.7. The number of carboxylic acids is 1. The number of aliphatic hydroxyl groups is 1. The van der Waals surface area contributed by atoms with E-state index < -0.39 is 18.2 Å². The summed E-state index contributed by atoms with van der Waals surface area (Å²) in [6, 6.07) is 7.11. The molecule has 0 radical (unpaired) electrons. The number of amidine groups is 1. The third-order valence-electron chi connectivity index (χ3n) is 5.74. The van der Waals surface area contributed by atoms with Gasteiger partial charge in [-0.1, -0.05) is 49.2 Å². The van der Waals surface area contributed by atoms with Gasteiger partial charge in [-0.15, -0.1) is 0 Å². The van der Waals surface area contributed by atoms with Crippen molar-refractivity contribution in [3.8, 4) is 0 Å². The fraction of sp³-hybridized carbons (Fsp3) is 0.522. The Hall–Kier alpha value is -2.67. The van der Waals surface area contributed by atoms with Crippen LogP contribution in [0.25, 0.3) is 0 Å². The van der Waals surface area contributed by atoms with Crippen LogP contribution in [0.1, 0.15) is 56.2 Å². The average Bonchev–Trinajstić information content (AvgIpc) is 3.17. The lowest BCUT2D eigenvalue weighted by Crippen LogP contribution is -2.49. The van der Waals surface area contributed by atoms with Crippen LogP contribution in [0.15, 0.2) is 41.4 Å². The first-order valence-corrected chi connectivity index (χ1v) is 10.7. The van der Waals surface area contributed by atoms with Crippen LogP contribution >= 0.6 is 0 Å². The van der Waals surface area contributed by atoms with Crippen LogP contribution in [-0.2, 0) is 9.59 Å². The van der Waals surface area contributed by atoms with Crippen molar-refractivity contribution in [3.63, 3.8) is 0 Å². The summed E-state index contributed by atoms with van der Waals surface area (Å²) in [6.07, 6.45) is 6.19. The summed E-state index contributed by atoms with van der Waals surface area (Å²) in [4.78, 5) is 32.3. The Bertz CT molecular complexity index is 818. The maximum atomic E-state index is 12.9. The number of carbonyl (C=O) groups excluding carboxylic acids is 1. The van der Waals surface area contributed by atoms with Gasteiger partial charge in [0, 0.05) is 13.0 Å². The van der Waals surface area contributed by atoms with E-state index in [1.54, 1.807) is 11.0 Å². The largest absolute Gasteiger partial charge is 0.480 e. The molecule has 7 heteroatoms. The highest BCUT2D eigenvalue weighted by molar-refractivity contribution is 5.90. The molecular formula is C23H31N3O4. The van der Waals surface area contributed by atoms with Gasteiger partial charge in [0.05, 0.1) is 6.04 Å². The summed E-state index contributed by atoms with van der Waals surface area (Å²) in [5, 5.41) is 20.2. The number of benzene rings is 1. The second-order valence-corrected chi connectivity index (χ2v) is 8.01. The summed E-state index contributed by atoms with van der Waals surface area (Å²) in [5.41, 5.74) is 2.19. The van der Waals surface area contributed by atoms with Crippen LogP contribution in [0.3, 0.4) is 0 Å². The second kappa shape index (κ2) is 9.89. The van der Waals surface area contributed by atoms with Gasteiger partial charge in [0.25, 0.3) is 0 Å². The van der Waals surface area contributed by atoms with Crippen LogP contribution in [0.2, 0.25) is 0 Å². The molecule has 3 atom stereocenters. The first-order chi connectivity index (χ1) is 14.4. The zero-order valence-corrected chi connectivity index (χ0v) is 17.7. The number of hydrogen-bond donors (Lipinski definition) is 2. The van der Waals surface area contributed by atoms with Gasteiger partial charge in [-0.2, -0.15) is 0 Å². The number of aliphatic imine (C=N–C) groups is 1. The number of rotatable bonds is 7. The van der Waals surface area contributed by atoms with Crippen molar-refractivity contribution in [1.82, 2.24) is 9.80 Å². The Kier molecular flexibility index (Phi) is 7.26. The number of carbonyl (C=O) groups is 2. The molecular weight excluding hydrogens is 382 g/mol. The van der Waals surface area contributed by atoms with E-state index in [9.17, 15) is 19.8 Å². The predicted molar refractivity (Wildman–Crippen MR) is 115 cm³/mol. The Morgan fingerprint density at radius 2 is 1.93 bits per heavy atom. The molecule has 3 rings (SSSR count). The highest BCUT2D eigenvalue weighted by Crippen LogP contribution is 2.26. The minimum absolute atomic E-state index is 0.0849. The number of aryl methyl sites for hydroxylation is 1. The Morgan fingerprint density at radius 3 is 2.60 bits per heavy atom. The van der Waals surface area contributed by atoms with E-state index in [0.29, 0.717) is 31.6 Å². The van der Waals surface area contributed by atoms with Gasteiger partial charge in [0.2, 0.25) is 5.91 Å². The summed E-state index contributed by atoms with van der Waals surface area (Å²) < 4.78 is 0. The number of nitrogens with zero attached hydrogens (tertiary/aromatic N) is 3. The number of unbranched alkanes of at least 4 members (excludes halogenated alkanes) is 1. The van der Waals surface area contributed by atoms with Crippen LogP contribution in [0.4, 0.5) is 0 Å². The lowest BCUT2D eigenvalue weighted by Gasteiger charge is -2.31. The molecule has 162 valence electrons. The number of aliphatic hydroxyl groups excluding tert-OH is 1. The molecule has 2 aliphatic heterocycles. The molecule has 0 spiro atoms. The van der Waals surface area contributed by atoms with E-state index in [1.165, 1.54) is 4.90 Å². The van der Waals surface area contributed by atoms with Crippen molar-refractivity contribution in [2.75, 3.05) is 13.1 Å². The third-order valence-corrected chi connectivity index (χ3v) is 5.74. The molecule has 1 amide bonds. The lowest BCUT2D eigenvalue weighted by molar-refractivity contribution is -0.148. The maximum absolute atomic E-state index is 12.9. The van der Waals surface area contributed by atoms with E-state index in [-0.39, 0.29) is 18.5 Å². The summed E-state index contributed by atoms with van der Waals surface area (Å²) in [5.74, 6) is -0.582. The van der Waals surface area contributed by atoms with Crippen molar-refractivity contribution in [2.45, 2.75) is 64.3 Å². The van der Waals surface area contributed by atoms with Gasteiger partial charge in [-0.25, -0.2) is 4.79 Å². The number of aliphatic carboxylic acids is 1. The molecule has 3 unspecified atom stereocenters. The number of likely N-dealkylation sites (tertiary alicyclic amines) is 1. The molecule has 7 nitrogen and oxygen atoms in total. The minimum Gasteiger partial charge on any atom is -0.480 e. The standard InChI is InChI=1S/C23H31N3O4/c1-3-4-7-20-24-18(17-10-8-16(2)9-11-17)12-13-21(27)26(20)15-22(28)25-14-5-6-19(25)23(29)30/h8-13,18-19,21,27H,3-7,14-15H2,1-2H3,(H,29,30). The van der Waals surface area contributed by atoms with E-state index in [4.69, 9.17) is 4.99 Å². The van der Waals surface area contributed by atoms with Gasteiger partial charge in [0.15, 0.2) is 0 Å². The number of hydrogen-bond acceptors (Lipinski definition) is 5. The average molecular weight is 414 g/mol. The highest BCUT2D eigenvalue weighted by atomic mass is 16.4. The first kappa shape index (κ1) is 22.0. The van der Waals surface area contributed by atoms with Crippen molar-refractivity contribution in [1.29, 1.82) is 0 Å². The molecule has 2 N–H and O–H groups in total. The van der Waals surface area contributed by atoms with Crippen LogP contribution in [-0.4, -0.2) is 63.1 Å². The molecule has 0 saturated carbocycles. The van der Waals surface area contributed by atoms with E-state index in [1.807, 2.05) is 37.3 Å². The smallest absolute Gasteiger partial charge is 0.326 e. The minimum atomic E-state index is -0.981. The quantitative estimate of drug-likeness (QED) is 0.671. The summed E-state index contributed by atoms with van der Waals surface area (Å²) >= 11 is 0. The van der Waals surface area contributed by atoms with Crippen LogP contribution < -0.4 is 0 Å². The Balaban J connectivity index is 1.85. The molecule has 0 bridgehead atoms. The second-order valence-electron chi connectivity index (χ2n) is 8.01. The SMILES string of the molecule is CCCCC1=NC(c2ccc(C)cc2)C=CC(O)N1CC(=O)N1CCCC1C(=O)O. The van der Waals surface area contributed by atoms with Gasteiger partial charge in [0.1, 0.15) is 24.7 Å². The van der Waals surface area contributed by atoms with E-state index in [2.05, 4.69) is 6.92 Å². The summed E-state index contributed by atoms with van der Waals surface area (Å²) in [6.45, 7) is 4.46. The van der Waals surface area contributed by atoms with Crippen molar-refractivity contribution in [3.05, 3.63) is 47.5 Å². The molecule has 1 aromatic carbocycles. The number of amides is 1. The Morgan fingerprint density at radius 1 is 1.20 bits per heavy atom. The lowest BCUT2D eigenvalue weighted by atomic mass is 10.1. The van der Waals surface area contributed by atoms with Gasteiger partial charge < -0.3 is 20.0 Å². The fourth-order valence-electron chi connectivity index (χ4n) is 3.97. The van der Waals surface area contributed by atoms with Gasteiger partial charge >= 0.3 is 5.97 Å². The molecule has 0 aliphatic carbocycles. The predicted octanol–water partition coefficient (Wildman–Crippen LogP) is 2.89. The van der Waals surface area contributed by atoms with E-state index in [0.717, 1.165) is 24.0 Å². The molecule has 1 aromatic rings. The number of carboxylic acid groups (broad SMARTS) is 1. The van der Waals surface area contributed by atoms with E-state index >= 15 is 0 Å². The van der Waals surface area contributed by atoms with Gasteiger partial charge in [-0.3, -0.25) is 9.79 Å². The monoisotopic (exact) mass is 413 g/mol. The zero-order chi connectivity index (χ0) is 21.7. The molecule has 30 heavy (non-hydrogen) atoms. The Labute approximate surface area is 177 Å². The van der Waals surface area contributed by atoms with Crippen molar-refractivity contribution < 1.29 is 19.8 Å². The van der Waals surface area contributed by atoms with Crippen LogP contribution in [0, 0.1) is 6.92 Å². The molecule has 0 aromatic heterocycles. The molecule has 2 heterocycles. The first-order valence-electron chi connectivity index (χ1n) is 10.7. The maximum Gasteiger partial charge on any atom is 0.326 e. The topological polar surface area (TPSA) is 93.4 Å². The van der Waals surface area contributed by atoms with Gasteiger partial charge in [-0.05, 0) is 37.8 Å². The fourth-order valence-corrected chi connectivity index (χ4v) is 3.97. The van der Waals surface area contributed by atoms with Crippen molar-refractivity contribution in [2.24, 2.45) is 4.99 Å². The summed E-state index contributed by atoms with van der Waals surface area (Å²) in [7, 11) is 0. The highest BCUT2D eigenvalue weighted by Gasteiger charge is 2.35. The van der Waals surface area contributed by atoms with Crippen LogP contribution in [0.5, 0.6) is 0 Å². The normalized spacial score (nSPS) is 24.0. The third kappa shape index (κ3) is 5.08. The molecule has 2 aliphatic rings. The van der Waals surface area contributed by atoms with Crippen molar-refractivity contribution >= 4 is 17.7 Å². The molecule has 1 fully saturated rings. The molecule has 1 saturated heterocycles.